The average molecular weight is 366 g/mol. The normalized spacial score (nSPS) is 21.7. The zero-order valence-electron chi connectivity index (χ0n) is 15.2. The van der Waals surface area contributed by atoms with E-state index < -0.39 is 0 Å². The van der Waals surface area contributed by atoms with Crippen LogP contribution in [0.2, 0.25) is 0 Å². The third kappa shape index (κ3) is 3.47. The minimum absolute atomic E-state index is 0.0623. The lowest BCUT2D eigenvalue weighted by molar-refractivity contribution is -0.140. The number of rotatable bonds is 3. The van der Waals surface area contributed by atoms with E-state index in [2.05, 4.69) is 5.32 Å². The number of benzene rings is 2. The van der Waals surface area contributed by atoms with Gasteiger partial charge in [0.05, 0.1) is 12.0 Å². The van der Waals surface area contributed by atoms with Crippen LogP contribution in [0.15, 0.2) is 48.5 Å². The Morgan fingerprint density at radius 1 is 1.07 bits per heavy atom. The third-order valence-electron chi connectivity index (χ3n) is 5.15. The summed E-state index contributed by atoms with van der Waals surface area (Å²) in [6.07, 6.45) is 0.901. The van der Waals surface area contributed by atoms with Crippen molar-refractivity contribution in [3.63, 3.8) is 0 Å². The van der Waals surface area contributed by atoms with Gasteiger partial charge in [-0.3, -0.25) is 9.59 Å². The van der Waals surface area contributed by atoms with Crippen molar-refractivity contribution >= 4 is 17.5 Å². The van der Waals surface area contributed by atoms with Crippen LogP contribution in [0, 0.1) is 5.92 Å². The first-order chi connectivity index (χ1) is 13.1. The predicted octanol–water partition coefficient (Wildman–Crippen LogP) is 3.01. The summed E-state index contributed by atoms with van der Waals surface area (Å²) in [4.78, 5) is 27.0. The molecule has 2 aromatic carbocycles. The molecule has 4 rings (SSSR count). The number of piperidine rings is 1. The molecule has 2 atom stereocenters. The maximum absolute atomic E-state index is 13.1. The van der Waals surface area contributed by atoms with E-state index in [0.717, 1.165) is 5.56 Å². The molecule has 0 aliphatic carbocycles. The number of likely N-dealkylation sites (tertiary alicyclic amines) is 1. The van der Waals surface area contributed by atoms with Crippen molar-refractivity contribution in [2.45, 2.75) is 18.9 Å². The van der Waals surface area contributed by atoms with Crippen LogP contribution in [0.4, 0.5) is 5.69 Å². The summed E-state index contributed by atoms with van der Waals surface area (Å²) in [5, 5.41) is 2.98. The number of fused-ring (bicyclic) bond motifs is 1. The van der Waals surface area contributed by atoms with Gasteiger partial charge in [0, 0.05) is 25.2 Å². The molecule has 2 aromatic rings. The fourth-order valence-corrected chi connectivity index (χ4v) is 3.77. The van der Waals surface area contributed by atoms with E-state index >= 15 is 0 Å². The minimum Gasteiger partial charge on any atom is -0.486 e. The second-order valence-electron chi connectivity index (χ2n) is 6.85. The molecule has 1 saturated heterocycles. The Labute approximate surface area is 158 Å². The number of hydrogen-bond donors (Lipinski definition) is 1. The molecular weight excluding hydrogens is 344 g/mol. The maximum Gasteiger partial charge on any atom is 0.229 e. The monoisotopic (exact) mass is 366 g/mol. The van der Waals surface area contributed by atoms with Crippen molar-refractivity contribution in [1.29, 1.82) is 0 Å². The van der Waals surface area contributed by atoms with Gasteiger partial charge in [-0.2, -0.15) is 0 Å². The molecule has 0 unspecified atom stereocenters. The highest BCUT2D eigenvalue weighted by Crippen LogP contribution is 2.37. The fraction of sp³-hybridized carbons (Fsp3) is 0.333. The SMILES string of the molecule is CN1C(=O)CC[C@@H](C(=O)Nc2ccc3c(c2)OCCO3)[C@H]1c1ccccc1. The molecule has 27 heavy (non-hydrogen) atoms. The number of nitrogens with one attached hydrogen (secondary N) is 1. The van der Waals surface area contributed by atoms with Crippen LogP contribution < -0.4 is 14.8 Å². The van der Waals surface area contributed by atoms with Crippen molar-refractivity contribution in [2.75, 3.05) is 25.6 Å². The lowest BCUT2D eigenvalue weighted by Gasteiger charge is -2.38. The summed E-state index contributed by atoms with van der Waals surface area (Å²) in [6, 6.07) is 14.8. The molecule has 0 aromatic heterocycles. The highest BCUT2D eigenvalue weighted by atomic mass is 16.6. The van der Waals surface area contributed by atoms with Crippen molar-refractivity contribution in [2.24, 2.45) is 5.92 Å². The van der Waals surface area contributed by atoms with Crippen molar-refractivity contribution in [1.82, 2.24) is 4.90 Å². The van der Waals surface area contributed by atoms with Crippen LogP contribution in [-0.4, -0.2) is 37.0 Å². The zero-order valence-corrected chi connectivity index (χ0v) is 15.2. The molecule has 0 radical (unpaired) electrons. The topological polar surface area (TPSA) is 67.9 Å². The summed E-state index contributed by atoms with van der Waals surface area (Å²) in [7, 11) is 1.77. The van der Waals surface area contributed by atoms with Gasteiger partial charge in [0.15, 0.2) is 11.5 Å². The molecule has 2 aliphatic heterocycles. The second kappa shape index (κ2) is 7.31. The highest BCUT2D eigenvalue weighted by Gasteiger charge is 2.38. The first kappa shape index (κ1) is 17.4. The smallest absolute Gasteiger partial charge is 0.229 e. The molecule has 6 heteroatoms. The molecule has 2 aliphatic rings. The minimum atomic E-state index is -0.316. The highest BCUT2D eigenvalue weighted by molar-refractivity contribution is 5.95. The maximum atomic E-state index is 13.1. The summed E-state index contributed by atoms with van der Waals surface area (Å²) < 4.78 is 11.1. The molecule has 140 valence electrons. The quantitative estimate of drug-likeness (QED) is 0.907. The molecule has 2 amide bonds. The van der Waals surface area contributed by atoms with E-state index in [1.165, 1.54) is 0 Å². The number of carbonyl (C=O) groups is 2. The molecule has 2 heterocycles. The summed E-state index contributed by atoms with van der Waals surface area (Å²) in [5.41, 5.74) is 1.63. The second-order valence-corrected chi connectivity index (χ2v) is 6.85. The Morgan fingerprint density at radius 3 is 2.59 bits per heavy atom. The van der Waals surface area contributed by atoms with Crippen LogP contribution in [-0.2, 0) is 9.59 Å². The van der Waals surface area contributed by atoms with Crippen LogP contribution >= 0.6 is 0 Å². The Hall–Kier alpha value is -3.02. The molecule has 0 spiro atoms. The van der Waals surface area contributed by atoms with E-state index in [9.17, 15) is 9.59 Å². The first-order valence-corrected chi connectivity index (χ1v) is 9.14. The number of carbonyl (C=O) groups excluding carboxylic acids is 2. The van der Waals surface area contributed by atoms with E-state index in [1.807, 2.05) is 30.3 Å². The fourth-order valence-electron chi connectivity index (χ4n) is 3.77. The van der Waals surface area contributed by atoms with Crippen molar-refractivity contribution in [3.8, 4) is 11.5 Å². The van der Waals surface area contributed by atoms with Crippen molar-refractivity contribution < 1.29 is 19.1 Å². The van der Waals surface area contributed by atoms with Gasteiger partial charge in [0.25, 0.3) is 0 Å². The van der Waals surface area contributed by atoms with Gasteiger partial charge in [-0.05, 0) is 24.1 Å². The largest absolute Gasteiger partial charge is 0.486 e. The Morgan fingerprint density at radius 2 is 1.81 bits per heavy atom. The van der Waals surface area contributed by atoms with Gasteiger partial charge in [-0.1, -0.05) is 30.3 Å². The number of amides is 2. The molecule has 0 bridgehead atoms. The number of anilines is 1. The summed E-state index contributed by atoms with van der Waals surface area (Å²) >= 11 is 0. The third-order valence-corrected chi connectivity index (χ3v) is 5.15. The Bertz CT molecular complexity index is 853. The van der Waals surface area contributed by atoms with Gasteiger partial charge in [-0.25, -0.2) is 0 Å². The van der Waals surface area contributed by atoms with Crippen molar-refractivity contribution in [3.05, 3.63) is 54.1 Å². The van der Waals surface area contributed by atoms with E-state index in [1.54, 1.807) is 30.1 Å². The van der Waals surface area contributed by atoms with E-state index in [-0.39, 0.29) is 23.8 Å². The lowest BCUT2D eigenvalue weighted by atomic mass is 9.84. The van der Waals surface area contributed by atoms with Gasteiger partial charge in [0.1, 0.15) is 13.2 Å². The van der Waals surface area contributed by atoms with E-state index in [4.69, 9.17) is 9.47 Å². The Balaban J connectivity index is 1.57. The molecule has 0 saturated carbocycles. The van der Waals surface area contributed by atoms with E-state index in [0.29, 0.717) is 43.2 Å². The lowest BCUT2D eigenvalue weighted by Crippen LogP contribution is -2.44. The zero-order chi connectivity index (χ0) is 18.8. The number of nitrogens with zero attached hydrogens (tertiary/aromatic N) is 1. The van der Waals surface area contributed by atoms with Crippen LogP contribution in [0.5, 0.6) is 11.5 Å². The molecule has 1 N–H and O–H groups in total. The van der Waals surface area contributed by atoms with Gasteiger partial charge < -0.3 is 19.7 Å². The van der Waals surface area contributed by atoms with Crippen LogP contribution in [0.1, 0.15) is 24.4 Å². The number of hydrogen-bond acceptors (Lipinski definition) is 4. The summed E-state index contributed by atoms with van der Waals surface area (Å²) in [6.45, 7) is 1.02. The number of ether oxygens (including phenoxy) is 2. The van der Waals surface area contributed by atoms with Gasteiger partial charge >= 0.3 is 0 Å². The molecular formula is C21H22N2O4. The van der Waals surface area contributed by atoms with Gasteiger partial charge in [-0.15, -0.1) is 0 Å². The molecule has 6 nitrogen and oxygen atoms in total. The molecule has 1 fully saturated rings. The average Bonchev–Trinajstić information content (AvgIpc) is 2.70. The Kier molecular flexibility index (Phi) is 4.71. The van der Waals surface area contributed by atoms with Gasteiger partial charge in [0.2, 0.25) is 11.8 Å². The predicted molar refractivity (Wildman–Crippen MR) is 101 cm³/mol. The van der Waals surface area contributed by atoms with Crippen LogP contribution in [0.3, 0.4) is 0 Å². The summed E-state index contributed by atoms with van der Waals surface area (Å²) in [5.74, 6) is 0.967. The first-order valence-electron chi connectivity index (χ1n) is 9.14. The standard InChI is InChI=1S/C21H22N2O4/c1-23-19(24)10-8-16(20(23)14-5-3-2-4-6-14)21(25)22-15-7-9-17-18(13-15)27-12-11-26-17/h2-7,9,13,16,20H,8,10-12H2,1H3,(H,22,25)/t16-,20-/m1/s1. The van der Waals surface area contributed by atoms with Crippen LogP contribution in [0.25, 0.3) is 0 Å².